The highest BCUT2D eigenvalue weighted by Crippen LogP contribution is 2.26. The maximum Gasteiger partial charge on any atom is 0.368 e. The third-order valence-corrected chi connectivity index (χ3v) is 3.77. The molecular formula is C16H13N5O3. The Morgan fingerprint density at radius 1 is 1.29 bits per heavy atom. The molecule has 0 aliphatic rings. The van der Waals surface area contributed by atoms with Crippen molar-refractivity contribution >= 4 is 28.3 Å². The van der Waals surface area contributed by atoms with Crippen LogP contribution in [0.5, 0.6) is 0 Å². The Morgan fingerprint density at radius 2 is 2.12 bits per heavy atom. The summed E-state index contributed by atoms with van der Waals surface area (Å²) in [6.07, 6.45) is 1.19. The predicted octanol–water partition coefficient (Wildman–Crippen LogP) is 3.56. The van der Waals surface area contributed by atoms with Crippen LogP contribution in [0.3, 0.4) is 0 Å². The van der Waals surface area contributed by atoms with E-state index in [9.17, 15) is 10.1 Å². The smallest absolute Gasteiger partial charge is 0.368 e. The number of furan rings is 1. The Labute approximate surface area is 135 Å². The second-order valence-corrected chi connectivity index (χ2v) is 5.41. The van der Waals surface area contributed by atoms with Crippen molar-refractivity contribution in [3.8, 4) is 0 Å². The fourth-order valence-electron chi connectivity index (χ4n) is 2.57. The van der Waals surface area contributed by atoms with Gasteiger partial charge in [0, 0.05) is 11.5 Å². The number of para-hydroxylation sites is 1. The molecule has 0 aliphatic heterocycles. The van der Waals surface area contributed by atoms with Crippen molar-refractivity contribution in [3.63, 3.8) is 0 Å². The molecule has 0 saturated carbocycles. The van der Waals surface area contributed by atoms with Gasteiger partial charge >= 0.3 is 5.82 Å². The fraction of sp³-hybridized carbons (Fsp3) is 0.125. The molecule has 0 spiro atoms. The van der Waals surface area contributed by atoms with Gasteiger partial charge in [-0.05, 0) is 30.0 Å². The van der Waals surface area contributed by atoms with Gasteiger partial charge in [-0.2, -0.15) is 0 Å². The van der Waals surface area contributed by atoms with Gasteiger partial charge in [-0.3, -0.25) is 0 Å². The van der Waals surface area contributed by atoms with Crippen molar-refractivity contribution in [3.05, 3.63) is 64.5 Å². The van der Waals surface area contributed by atoms with Gasteiger partial charge in [0.1, 0.15) is 17.5 Å². The molecule has 0 fully saturated rings. The monoisotopic (exact) mass is 323 g/mol. The van der Waals surface area contributed by atoms with Gasteiger partial charge in [0.25, 0.3) is 0 Å². The first-order chi connectivity index (χ1) is 11.6. The fourth-order valence-corrected chi connectivity index (χ4v) is 2.57. The molecule has 8 heteroatoms. The molecule has 0 amide bonds. The number of rotatable bonds is 4. The first-order valence-corrected chi connectivity index (χ1v) is 7.36. The van der Waals surface area contributed by atoms with Crippen molar-refractivity contribution in [1.82, 2.24) is 14.6 Å². The number of hydrogen-bond donors (Lipinski definition) is 1. The molecule has 24 heavy (non-hydrogen) atoms. The van der Waals surface area contributed by atoms with Gasteiger partial charge in [0.05, 0.1) is 6.04 Å². The lowest BCUT2D eigenvalue weighted by atomic mass is 10.2. The van der Waals surface area contributed by atoms with Crippen LogP contribution in [0.4, 0.5) is 11.6 Å². The molecule has 0 radical (unpaired) electrons. The molecule has 4 aromatic rings. The van der Waals surface area contributed by atoms with E-state index in [4.69, 9.17) is 4.42 Å². The predicted molar refractivity (Wildman–Crippen MR) is 87.9 cm³/mol. The van der Waals surface area contributed by atoms with Crippen molar-refractivity contribution in [1.29, 1.82) is 0 Å². The van der Waals surface area contributed by atoms with E-state index < -0.39 is 4.92 Å². The van der Waals surface area contributed by atoms with Crippen molar-refractivity contribution in [2.45, 2.75) is 13.0 Å². The molecule has 8 nitrogen and oxygen atoms in total. The first kappa shape index (κ1) is 14.2. The lowest BCUT2D eigenvalue weighted by Crippen LogP contribution is -2.09. The second-order valence-electron chi connectivity index (χ2n) is 5.41. The van der Waals surface area contributed by atoms with E-state index >= 15 is 0 Å². The quantitative estimate of drug-likeness (QED) is 0.455. The number of nitrogens with one attached hydrogen (secondary N) is 1. The molecule has 120 valence electrons. The third kappa shape index (κ3) is 2.34. The average Bonchev–Trinajstić information content (AvgIpc) is 3.18. The molecule has 3 aromatic heterocycles. The summed E-state index contributed by atoms with van der Waals surface area (Å²) in [5, 5.41) is 19.4. The maximum absolute atomic E-state index is 11.0. The van der Waals surface area contributed by atoms with E-state index in [1.807, 2.05) is 37.3 Å². The van der Waals surface area contributed by atoms with Crippen molar-refractivity contribution < 1.29 is 9.34 Å². The van der Waals surface area contributed by atoms with Crippen LogP contribution in [0.25, 0.3) is 16.6 Å². The lowest BCUT2D eigenvalue weighted by molar-refractivity contribution is -0.391. The van der Waals surface area contributed by atoms with E-state index in [0.29, 0.717) is 11.5 Å². The van der Waals surface area contributed by atoms with E-state index in [1.54, 1.807) is 12.1 Å². The van der Waals surface area contributed by atoms with E-state index in [0.717, 1.165) is 16.7 Å². The molecule has 4 rings (SSSR count). The Bertz CT molecular complexity index is 1020. The molecule has 1 atom stereocenters. The molecular weight excluding hydrogens is 310 g/mol. The minimum atomic E-state index is -0.514. The molecule has 0 aliphatic carbocycles. The zero-order valence-electron chi connectivity index (χ0n) is 12.7. The van der Waals surface area contributed by atoms with Gasteiger partial charge in [0.2, 0.25) is 5.65 Å². The van der Waals surface area contributed by atoms with E-state index in [2.05, 4.69) is 15.4 Å². The van der Waals surface area contributed by atoms with E-state index in [-0.39, 0.29) is 11.9 Å². The summed E-state index contributed by atoms with van der Waals surface area (Å²) in [4.78, 5) is 14.4. The normalized spacial score (nSPS) is 12.5. The molecule has 1 N–H and O–H groups in total. The van der Waals surface area contributed by atoms with Gasteiger partial charge < -0.3 is 19.8 Å². The van der Waals surface area contributed by atoms with Gasteiger partial charge in [-0.15, -0.1) is 0 Å². The van der Waals surface area contributed by atoms with Crippen molar-refractivity contribution in [2.24, 2.45) is 0 Å². The lowest BCUT2D eigenvalue weighted by Gasteiger charge is -2.10. The summed E-state index contributed by atoms with van der Waals surface area (Å²) in [6.45, 7) is 1.94. The molecule has 0 unspecified atom stereocenters. The highest BCUT2D eigenvalue weighted by atomic mass is 16.6. The summed E-state index contributed by atoms with van der Waals surface area (Å²) in [6, 6.07) is 13.0. The van der Waals surface area contributed by atoms with Gasteiger partial charge in [0.15, 0.2) is 5.82 Å². The summed E-state index contributed by atoms with van der Waals surface area (Å²) in [5.41, 5.74) is 1.23. The minimum Gasteiger partial charge on any atom is -0.459 e. The van der Waals surface area contributed by atoms with Crippen LogP contribution >= 0.6 is 0 Å². The third-order valence-electron chi connectivity index (χ3n) is 3.77. The molecule has 3 heterocycles. The number of benzene rings is 1. The number of nitrogens with zero attached hydrogens (tertiary/aromatic N) is 4. The zero-order chi connectivity index (χ0) is 16.7. The van der Waals surface area contributed by atoms with Crippen LogP contribution in [-0.4, -0.2) is 19.5 Å². The molecule has 0 saturated heterocycles. The standard InChI is InChI=1S/C16H13N5O3/c1-10(13-8-11-4-2-3-5-12(11)24-13)18-14-6-7-15-17-9-16(21(22)23)20(15)19-14/h2-10H,1H3,(H,18,19)/t10-/m1/s1. The first-order valence-electron chi connectivity index (χ1n) is 7.36. The van der Waals surface area contributed by atoms with Crippen LogP contribution < -0.4 is 5.32 Å². The second kappa shape index (κ2) is 5.34. The summed E-state index contributed by atoms with van der Waals surface area (Å²) in [5.74, 6) is 1.08. The average molecular weight is 323 g/mol. The Balaban J connectivity index is 1.65. The highest BCUT2D eigenvalue weighted by Gasteiger charge is 2.18. The number of imidazole rings is 1. The maximum atomic E-state index is 11.0. The summed E-state index contributed by atoms with van der Waals surface area (Å²) >= 11 is 0. The number of hydrogen-bond acceptors (Lipinski definition) is 6. The number of nitro groups is 1. The topological polar surface area (TPSA) is 98.5 Å². The van der Waals surface area contributed by atoms with Crippen LogP contribution in [0.1, 0.15) is 18.7 Å². The van der Waals surface area contributed by atoms with Crippen LogP contribution in [-0.2, 0) is 0 Å². The van der Waals surface area contributed by atoms with Gasteiger partial charge in [-0.25, -0.2) is 4.98 Å². The number of aromatic nitrogens is 3. The van der Waals surface area contributed by atoms with Crippen LogP contribution in [0, 0.1) is 10.1 Å². The van der Waals surface area contributed by atoms with Gasteiger partial charge in [-0.1, -0.05) is 27.8 Å². The number of anilines is 1. The molecule has 0 bridgehead atoms. The molecule has 1 aromatic carbocycles. The SMILES string of the molecule is C[C@@H](Nc1ccc2ncc([N+](=O)[O-])n2n1)c1cc2ccccc2o1. The number of fused-ring (bicyclic) bond motifs is 2. The zero-order valence-corrected chi connectivity index (χ0v) is 12.7. The van der Waals surface area contributed by atoms with E-state index in [1.165, 1.54) is 10.7 Å². The Hall–Kier alpha value is -3.42. The summed E-state index contributed by atoms with van der Waals surface area (Å²) < 4.78 is 7.02. The Morgan fingerprint density at radius 3 is 2.92 bits per heavy atom. The Kier molecular flexibility index (Phi) is 3.16. The summed E-state index contributed by atoms with van der Waals surface area (Å²) in [7, 11) is 0. The van der Waals surface area contributed by atoms with Crippen LogP contribution in [0.15, 0.2) is 53.1 Å². The highest BCUT2D eigenvalue weighted by molar-refractivity contribution is 5.77. The van der Waals surface area contributed by atoms with Crippen LogP contribution in [0.2, 0.25) is 0 Å². The van der Waals surface area contributed by atoms with Crippen molar-refractivity contribution in [2.75, 3.05) is 5.32 Å². The minimum absolute atomic E-state index is 0.148. The largest absolute Gasteiger partial charge is 0.459 e.